The molecule has 0 saturated carbocycles. The highest BCUT2D eigenvalue weighted by atomic mass is 35.5. The van der Waals surface area contributed by atoms with Crippen LogP contribution in [0.2, 0.25) is 10.0 Å². The monoisotopic (exact) mass is 363 g/mol. The van der Waals surface area contributed by atoms with Crippen LogP contribution in [0.4, 0.5) is 5.88 Å². The Morgan fingerprint density at radius 1 is 0.958 bits per heavy atom. The maximum atomic E-state index is 12.1. The first kappa shape index (κ1) is 16.2. The molecule has 0 aliphatic carbocycles. The summed E-state index contributed by atoms with van der Waals surface area (Å²) in [5.74, 6) is -2.01. The summed E-state index contributed by atoms with van der Waals surface area (Å²) in [6.45, 7) is 0. The van der Waals surface area contributed by atoms with Crippen molar-refractivity contribution in [3.8, 4) is 22.8 Å². The molecule has 0 radical (unpaired) electrons. The number of halogens is 2. The highest BCUT2D eigenvalue weighted by Crippen LogP contribution is 2.47. The summed E-state index contributed by atoms with van der Waals surface area (Å²) in [6.07, 6.45) is 0. The second kappa shape index (κ2) is 6.47. The van der Waals surface area contributed by atoms with Crippen molar-refractivity contribution in [3.05, 3.63) is 64.1 Å². The molecular weight excluding hydrogens is 353 g/mol. The van der Waals surface area contributed by atoms with E-state index in [1.807, 2.05) is 0 Å². The Morgan fingerprint density at radius 2 is 1.67 bits per heavy atom. The highest BCUT2D eigenvalue weighted by Gasteiger charge is 2.24. The van der Waals surface area contributed by atoms with E-state index >= 15 is 0 Å². The Kier molecular flexibility index (Phi) is 4.38. The zero-order chi connectivity index (χ0) is 17.3. The molecule has 24 heavy (non-hydrogen) atoms. The standard InChI is InChI=1S/C17H11Cl2NO4/c18-11-8-4-7-10(12(11)19)15-13(21)14(22)17(24-15)20-16(23)9-5-2-1-3-6-9/h1-8,21-22H,(H,20,23). The Labute approximate surface area is 147 Å². The topological polar surface area (TPSA) is 82.7 Å². The number of amides is 1. The van der Waals surface area contributed by atoms with E-state index in [9.17, 15) is 15.0 Å². The third-order valence-corrected chi connectivity index (χ3v) is 4.14. The van der Waals surface area contributed by atoms with Gasteiger partial charge in [0.25, 0.3) is 5.91 Å². The Hall–Kier alpha value is -2.63. The van der Waals surface area contributed by atoms with Crippen LogP contribution in [0.15, 0.2) is 52.9 Å². The molecule has 0 bridgehead atoms. The fourth-order valence-electron chi connectivity index (χ4n) is 2.13. The van der Waals surface area contributed by atoms with Gasteiger partial charge in [0.05, 0.1) is 10.0 Å². The minimum Gasteiger partial charge on any atom is -0.502 e. The first-order valence-corrected chi connectivity index (χ1v) is 7.60. The van der Waals surface area contributed by atoms with Gasteiger partial charge in [-0.25, -0.2) is 0 Å². The number of carbonyl (C=O) groups excluding carboxylic acids is 1. The molecule has 3 aromatic rings. The molecule has 1 aromatic heterocycles. The van der Waals surface area contributed by atoms with E-state index in [0.29, 0.717) is 5.56 Å². The summed E-state index contributed by atoms with van der Waals surface area (Å²) in [5, 5.41) is 22.9. The van der Waals surface area contributed by atoms with Crippen molar-refractivity contribution in [2.75, 3.05) is 5.32 Å². The average molecular weight is 364 g/mol. The lowest BCUT2D eigenvalue weighted by Crippen LogP contribution is -2.11. The SMILES string of the molecule is O=C(Nc1oc(-c2cccc(Cl)c2Cl)c(O)c1O)c1ccccc1. The van der Waals surface area contributed by atoms with Crippen LogP contribution in [-0.4, -0.2) is 16.1 Å². The summed E-state index contributed by atoms with van der Waals surface area (Å²) < 4.78 is 5.38. The van der Waals surface area contributed by atoms with Crippen LogP contribution in [0.5, 0.6) is 11.5 Å². The second-order valence-electron chi connectivity index (χ2n) is 4.88. The number of rotatable bonds is 3. The highest BCUT2D eigenvalue weighted by molar-refractivity contribution is 6.43. The summed E-state index contributed by atoms with van der Waals surface area (Å²) in [6, 6.07) is 13.1. The molecule has 0 unspecified atom stereocenters. The molecule has 0 aliphatic heterocycles. The number of aromatic hydroxyl groups is 2. The molecule has 2 aromatic carbocycles. The summed E-state index contributed by atoms with van der Waals surface area (Å²) >= 11 is 12.0. The van der Waals surface area contributed by atoms with Crippen LogP contribution in [0.3, 0.4) is 0 Å². The number of furan rings is 1. The molecule has 0 aliphatic rings. The Morgan fingerprint density at radius 3 is 2.38 bits per heavy atom. The number of nitrogens with one attached hydrogen (secondary N) is 1. The molecule has 5 nitrogen and oxygen atoms in total. The molecule has 0 atom stereocenters. The van der Waals surface area contributed by atoms with E-state index < -0.39 is 17.4 Å². The van der Waals surface area contributed by atoms with Crippen molar-refractivity contribution in [2.45, 2.75) is 0 Å². The van der Waals surface area contributed by atoms with Gasteiger partial charge in [-0.2, -0.15) is 0 Å². The lowest BCUT2D eigenvalue weighted by molar-refractivity contribution is 0.102. The van der Waals surface area contributed by atoms with Crippen LogP contribution in [0, 0.1) is 0 Å². The lowest BCUT2D eigenvalue weighted by Gasteiger charge is -2.03. The number of hydrogen-bond acceptors (Lipinski definition) is 4. The van der Waals surface area contributed by atoms with Gasteiger partial charge < -0.3 is 14.6 Å². The quantitative estimate of drug-likeness (QED) is 0.616. The van der Waals surface area contributed by atoms with Crippen molar-refractivity contribution in [1.82, 2.24) is 0 Å². The number of benzene rings is 2. The molecule has 1 heterocycles. The maximum Gasteiger partial charge on any atom is 0.258 e. The molecule has 1 amide bonds. The smallest absolute Gasteiger partial charge is 0.258 e. The van der Waals surface area contributed by atoms with Crippen LogP contribution in [0.25, 0.3) is 11.3 Å². The largest absolute Gasteiger partial charge is 0.502 e. The van der Waals surface area contributed by atoms with Crippen molar-refractivity contribution in [2.24, 2.45) is 0 Å². The van der Waals surface area contributed by atoms with Gasteiger partial charge in [-0.15, -0.1) is 0 Å². The number of carbonyl (C=O) groups is 1. The van der Waals surface area contributed by atoms with Crippen LogP contribution in [-0.2, 0) is 0 Å². The Balaban J connectivity index is 1.97. The number of hydrogen-bond donors (Lipinski definition) is 3. The third kappa shape index (κ3) is 2.91. The van der Waals surface area contributed by atoms with E-state index in [0.717, 1.165) is 0 Å². The van der Waals surface area contributed by atoms with Crippen LogP contribution < -0.4 is 5.32 Å². The fourth-order valence-corrected chi connectivity index (χ4v) is 2.51. The van der Waals surface area contributed by atoms with Crippen LogP contribution >= 0.6 is 23.2 Å². The lowest BCUT2D eigenvalue weighted by atomic mass is 10.1. The normalized spacial score (nSPS) is 10.6. The van der Waals surface area contributed by atoms with E-state index in [2.05, 4.69) is 5.32 Å². The van der Waals surface area contributed by atoms with Crippen molar-refractivity contribution >= 4 is 35.0 Å². The van der Waals surface area contributed by atoms with E-state index in [-0.39, 0.29) is 27.3 Å². The second-order valence-corrected chi connectivity index (χ2v) is 5.66. The van der Waals surface area contributed by atoms with Gasteiger partial charge in [-0.05, 0) is 24.3 Å². The van der Waals surface area contributed by atoms with Gasteiger partial charge in [0.1, 0.15) is 0 Å². The van der Waals surface area contributed by atoms with Crippen molar-refractivity contribution in [3.63, 3.8) is 0 Å². The van der Waals surface area contributed by atoms with Gasteiger partial charge in [0, 0.05) is 11.1 Å². The minimum atomic E-state index is -0.592. The first-order chi connectivity index (χ1) is 11.5. The van der Waals surface area contributed by atoms with Gasteiger partial charge in [0.15, 0.2) is 5.76 Å². The fraction of sp³-hybridized carbons (Fsp3) is 0. The van der Waals surface area contributed by atoms with Gasteiger partial charge in [0.2, 0.25) is 17.4 Å². The predicted molar refractivity (Wildman–Crippen MR) is 91.9 cm³/mol. The zero-order valence-corrected chi connectivity index (χ0v) is 13.6. The van der Waals surface area contributed by atoms with Crippen LogP contribution in [0.1, 0.15) is 10.4 Å². The molecule has 7 heteroatoms. The van der Waals surface area contributed by atoms with E-state index in [1.165, 1.54) is 0 Å². The summed E-state index contributed by atoms with van der Waals surface area (Å²) in [7, 11) is 0. The Bertz CT molecular complexity index is 906. The van der Waals surface area contributed by atoms with E-state index in [4.69, 9.17) is 27.6 Å². The predicted octanol–water partition coefficient (Wildman–Crippen LogP) is 4.92. The first-order valence-electron chi connectivity index (χ1n) is 6.84. The minimum absolute atomic E-state index is 0.0941. The number of anilines is 1. The van der Waals surface area contributed by atoms with Gasteiger partial charge in [-0.1, -0.05) is 47.5 Å². The summed E-state index contributed by atoms with van der Waals surface area (Å²) in [5.41, 5.74) is 0.660. The van der Waals surface area contributed by atoms with Crippen molar-refractivity contribution in [1.29, 1.82) is 0 Å². The molecule has 122 valence electrons. The molecule has 3 rings (SSSR count). The zero-order valence-electron chi connectivity index (χ0n) is 12.1. The molecule has 0 spiro atoms. The summed E-state index contributed by atoms with van der Waals surface area (Å²) in [4.78, 5) is 12.1. The average Bonchev–Trinajstić information content (AvgIpc) is 2.86. The third-order valence-electron chi connectivity index (χ3n) is 3.32. The molecule has 0 saturated heterocycles. The van der Waals surface area contributed by atoms with E-state index in [1.54, 1.807) is 48.5 Å². The molecule has 3 N–H and O–H groups in total. The molecule has 0 fully saturated rings. The van der Waals surface area contributed by atoms with Crippen molar-refractivity contribution < 1.29 is 19.4 Å². The molecular formula is C17H11Cl2NO4. The van der Waals surface area contributed by atoms with Gasteiger partial charge in [-0.3, -0.25) is 10.1 Å². The maximum absolute atomic E-state index is 12.1. The van der Waals surface area contributed by atoms with Gasteiger partial charge >= 0.3 is 0 Å².